The lowest BCUT2D eigenvalue weighted by Gasteiger charge is -2.27. The number of benzene rings is 1. The lowest BCUT2D eigenvalue weighted by atomic mass is 10.0. The van der Waals surface area contributed by atoms with Crippen molar-refractivity contribution in [1.29, 1.82) is 0 Å². The predicted molar refractivity (Wildman–Crippen MR) is 96.1 cm³/mol. The van der Waals surface area contributed by atoms with E-state index in [9.17, 15) is 14.4 Å². The standard InChI is InChI=1S/C16H18Cl3NO6/c1-10(21)24-8-13(26-11(2)22)14(12-6-4-3-5-7-12)20-15(23)25-9-16(17,18)19/h3-7,13-14H,8-9H2,1-2H3,(H,20,23)/t13-,14+/m0/s1. The fourth-order valence-electron chi connectivity index (χ4n) is 1.98. The first-order valence-electron chi connectivity index (χ1n) is 7.44. The van der Waals surface area contributed by atoms with Gasteiger partial charge in [-0.2, -0.15) is 0 Å². The molecule has 0 bridgehead atoms. The minimum absolute atomic E-state index is 0.265. The third-order valence-corrected chi connectivity index (χ3v) is 3.27. The molecule has 0 spiro atoms. The van der Waals surface area contributed by atoms with Crippen molar-refractivity contribution in [2.75, 3.05) is 13.2 Å². The normalized spacial score (nSPS) is 13.3. The fourth-order valence-corrected chi connectivity index (χ4v) is 2.14. The van der Waals surface area contributed by atoms with Crippen molar-refractivity contribution in [3.05, 3.63) is 35.9 Å². The maximum atomic E-state index is 12.0. The number of amides is 1. The highest BCUT2D eigenvalue weighted by Crippen LogP contribution is 2.26. The molecule has 1 aromatic rings. The first-order valence-corrected chi connectivity index (χ1v) is 8.57. The van der Waals surface area contributed by atoms with Gasteiger partial charge in [0, 0.05) is 13.8 Å². The molecule has 0 aliphatic rings. The highest BCUT2D eigenvalue weighted by atomic mass is 35.6. The number of ether oxygens (including phenoxy) is 3. The Morgan fingerprint density at radius 2 is 1.65 bits per heavy atom. The van der Waals surface area contributed by atoms with Crippen molar-refractivity contribution in [2.45, 2.75) is 29.8 Å². The van der Waals surface area contributed by atoms with E-state index in [1.165, 1.54) is 13.8 Å². The number of carbonyl (C=O) groups is 3. The molecule has 0 unspecified atom stereocenters. The van der Waals surface area contributed by atoms with Gasteiger partial charge in [0.15, 0.2) is 6.10 Å². The quantitative estimate of drug-likeness (QED) is 0.408. The summed E-state index contributed by atoms with van der Waals surface area (Å²) < 4.78 is 13.2. The summed E-state index contributed by atoms with van der Waals surface area (Å²) in [6, 6.07) is 7.77. The van der Waals surface area contributed by atoms with Gasteiger partial charge in [-0.15, -0.1) is 0 Å². The maximum absolute atomic E-state index is 12.0. The van der Waals surface area contributed by atoms with Crippen molar-refractivity contribution in [3.8, 4) is 0 Å². The molecule has 0 aromatic heterocycles. The molecule has 0 aliphatic carbocycles. The largest absolute Gasteiger partial charge is 0.462 e. The lowest BCUT2D eigenvalue weighted by molar-refractivity contribution is -0.158. The van der Waals surface area contributed by atoms with Gasteiger partial charge in [0.25, 0.3) is 0 Å². The Morgan fingerprint density at radius 1 is 1.04 bits per heavy atom. The second-order valence-corrected chi connectivity index (χ2v) is 7.69. The summed E-state index contributed by atoms with van der Waals surface area (Å²) in [5.41, 5.74) is 0.594. The van der Waals surface area contributed by atoms with E-state index < -0.39 is 40.6 Å². The molecule has 7 nitrogen and oxygen atoms in total. The van der Waals surface area contributed by atoms with Crippen LogP contribution in [0, 0.1) is 0 Å². The van der Waals surface area contributed by atoms with E-state index in [4.69, 9.17) is 49.0 Å². The maximum Gasteiger partial charge on any atom is 0.407 e. The number of esters is 2. The van der Waals surface area contributed by atoms with E-state index in [1.54, 1.807) is 30.3 Å². The monoisotopic (exact) mass is 425 g/mol. The summed E-state index contributed by atoms with van der Waals surface area (Å²) >= 11 is 16.6. The number of rotatable bonds is 7. The molecule has 144 valence electrons. The molecule has 1 rings (SSSR count). The first kappa shape index (κ1) is 22.3. The van der Waals surface area contributed by atoms with E-state index in [-0.39, 0.29) is 6.61 Å². The van der Waals surface area contributed by atoms with Crippen molar-refractivity contribution in [3.63, 3.8) is 0 Å². The first-order chi connectivity index (χ1) is 12.1. The molecule has 0 aliphatic heterocycles. The molecule has 0 fully saturated rings. The zero-order valence-corrected chi connectivity index (χ0v) is 16.3. The average molecular weight is 427 g/mol. The SMILES string of the molecule is CC(=O)OC[C@H](OC(C)=O)[C@H](NC(=O)OCC(Cl)(Cl)Cl)c1ccccc1. The molecule has 0 saturated heterocycles. The Kier molecular flexibility index (Phi) is 8.98. The van der Waals surface area contributed by atoms with Gasteiger partial charge in [0.05, 0.1) is 6.04 Å². The molecule has 1 aromatic carbocycles. The van der Waals surface area contributed by atoms with Gasteiger partial charge < -0.3 is 19.5 Å². The summed E-state index contributed by atoms with van der Waals surface area (Å²) in [6.07, 6.45) is -1.88. The second kappa shape index (κ2) is 10.4. The number of hydrogen-bond acceptors (Lipinski definition) is 6. The van der Waals surface area contributed by atoms with Crippen LogP contribution in [0.2, 0.25) is 0 Å². The van der Waals surface area contributed by atoms with Crippen LogP contribution in [0.15, 0.2) is 30.3 Å². The zero-order valence-electron chi connectivity index (χ0n) is 14.0. The Hall–Kier alpha value is -1.70. The van der Waals surface area contributed by atoms with Crippen LogP contribution in [-0.2, 0) is 23.8 Å². The minimum Gasteiger partial charge on any atom is -0.462 e. The van der Waals surface area contributed by atoms with E-state index in [0.717, 1.165) is 0 Å². The molecule has 2 atom stereocenters. The number of carbonyl (C=O) groups excluding carboxylic acids is 3. The summed E-state index contributed by atoms with van der Waals surface area (Å²) in [5.74, 6) is -1.17. The van der Waals surface area contributed by atoms with Gasteiger partial charge in [-0.25, -0.2) is 4.79 Å². The van der Waals surface area contributed by atoms with Crippen molar-refractivity contribution < 1.29 is 28.6 Å². The number of nitrogens with one attached hydrogen (secondary N) is 1. The average Bonchev–Trinajstić information content (AvgIpc) is 2.54. The Balaban J connectivity index is 2.99. The van der Waals surface area contributed by atoms with E-state index in [2.05, 4.69) is 5.32 Å². The number of hydrogen-bond donors (Lipinski definition) is 1. The third-order valence-electron chi connectivity index (χ3n) is 2.94. The highest BCUT2D eigenvalue weighted by molar-refractivity contribution is 6.67. The van der Waals surface area contributed by atoms with Crippen molar-refractivity contribution >= 4 is 52.8 Å². The summed E-state index contributed by atoms with van der Waals surface area (Å²) in [5, 5.41) is 2.53. The zero-order chi connectivity index (χ0) is 19.7. The highest BCUT2D eigenvalue weighted by Gasteiger charge is 2.30. The molecule has 0 saturated carbocycles. The van der Waals surface area contributed by atoms with Crippen LogP contribution in [0.5, 0.6) is 0 Å². The second-order valence-electron chi connectivity index (χ2n) is 5.17. The predicted octanol–water partition coefficient (Wildman–Crippen LogP) is 3.32. The van der Waals surface area contributed by atoms with Crippen LogP contribution in [0.3, 0.4) is 0 Å². The topological polar surface area (TPSA) is 90.9 Å². The van der Waals surface area contributed by atoms with Crippen LogP contribution >= 0.6 is 34.8 Å². The van der Waals surface area contributed by atoms with Gasteiger partial charge in [0.1, 0.15) is 13.2 Å². The minimum atomic E-state index is -1.77. The van der Waals surface area contributed by atoms with Crippen LogP contribution in [-0.4, -0.2) is 41.1 Å². The number of alkyl carbamates (subject to hydrolysis) is 1. The van der Waals surface area contributed by atoms with Gasteiger partial charge in [-0.1, -0.05) is 65.1 Å². The molecule has 0 heterocycles. The Morgan fingerprint density at radius 3 is 2.15 bits per heavy atom. The van der Waals surface area contributed by atoms with Crippen molar-refractivity contribution in [2.24, 2.45) is 0 Å². The van der Waals surface area contributed by atoms with E-state index in [0.29, 0.717) is 5.56 Å². The number of halogens is 3. The third kappa shape index (κ3) is 9.12. The molecule has 1 amide bonds. The Bertz CT molecular complexity index is 620. The van der Waals surface area contributed by atoms with Crippen LogP contribution < -0.4 is 5.32 Å². The van der Waals surface area contributed by atoms with Crippen LogP contribution in [0.4, 0.5) is 4.79 Å². The summed E-state index contributed by atoms with van der Waals surface area (Å²) in [6.45, 7) is 1.67. The molecule has 1 N–H and O–H groups in total. The van der Waals surface area contributed by atoms with Crippen molar-refractivity contribution in [1.82, 2.24) is 5.32 Å². The fraction of sp³-hybridized carbons (Fsp3) is 0.438. The van der Waals surface area contributed by atoms with Crippen LogP contribution in [0.1, 0.15) is 25.5 Å². The molecule has 10 heteroatoms. The smallest absolute Gasteiger partial charge is 0.407 e. The lowest BCUT2D eigenvalue weighted by Crippen LogP contribution is -2.42. The van der Waals surface area contributed by atoms with Gasteiger partial charge in [-0.05, 0) is 5.56 Å². The Labute approximate surface area is 165 Å². The van der Waals surface area contributed by atoms with Crippen LogP contribution in [0.25, 0.3) is 0 Å². The van der Waals surface area contributed by atoms with Gasteiger partial charge in [0.2, 0.25) is 3.79 Å². The van der Waals surface area contributed by atoms with Gasteiger partial charge in [-0.3, -0.25) is 9.59 Å². The van der Waals surface area contributed by atoms with E-state index in [1.807, 2.05) is 0 Å². The molecule has 26 heavy (non-hydrogen) atoms. The number of alkyl halides is 3. The summed E-state index contributed by atoms with van der Waals surface area (Å²) in [4.78, 5) is 34.6. The summed E-state index contributed by atoms with van der Waals surface area (Å²) in [7, 11) is 0. The van der Waals surface area contributed by atoms with E-state index >= 15 is 0 Å². The molecular weight excluding hydrogens is 409 g/mol. The molecule has 0 radical (unpaired) electrons. The molecular formula is C16H18Cl3NO6. The van der Waals surface area contributed by atoms with Gasteiger partial charge >= 0.3 is 18.0 Å².